The van der Waals surface area contributed by atoms with Gasteiger partial charge in [-0.1, -0.05) is 6.58 Å². The number of carboxylic acids is 1. The fourth-order valence-electron chi connectivity index (χ4n) is 1.56. The number of rotatable bonds is 5. The maximum absolute atomic E-state index is 10.8. The summed E-state index contributed by atoms with van der Waals surface area (Å²) in [7, 11) is 3.12. The summed E-state index contributed by atoms with van der Waals surface area (Å²) in [6, 6.07) is 3.60. The number of aliphatic carboxylic acids is 1. The molecular formula is C13H16O4. The van der Waals surface area contributed by atoms with Crippen LogP contribution in [-0.2, 0) is 11.2 Å². The second-order valence-corrected chi connectivity index (χ2v) is 3.72. The van der Waals surface area contributed by atoms with Crippen molar-refractivity contribution in [2.75, 3.05) is 14.2 Å². The van der Waals surface area contributed by atoms with E-state index in [4.69, 9.17) is 14.6 Å². The summed E-state index contributed by atoms with van der Waals surface area (Å²) >= 11 is 0. The number of aryl methyl sites for hydroxylation is 1. The molecule has 1 aromatic carbocycles. The molecule has 0 unspecified atom stereocenters. The van der Waals surface area contributed by atoms with Gasteiger partial charge < -0.3 is 14.6 Å². The van der Waals surface area contributed by atoms with Gasteiger partial charge in [-0.2, -0.15) is 0 Å². The number of ether oxygens (including phenoxy) is 2. The summed E-state index contributed by atoms with van der Waals surface area (Å²) in [6.45, 7) is 5.41. The Morgan fingerprint density at radius 3 is 2.35 bits per heavy atom. The van der Waals surface area contributed by atoms with Crippen molar-refractivity contribution >= 4 is 5.97 Å². The molecule has 0 amide bonds. The fourth-order valence-corrected chi connectivity index (χ4v) is 1.56. The van der Waals surface area contributed by atoms with Crippen molar-refractivity contribution in [3.05, 3.63) is 35.4 Å². The van der Waals surface area contributed by atoms with Crippen LogP contribution in [0.4, 0.5) is 0 Å². The minimum Gasteiger partial charge on any atom is -0.496 e. The molecule has 0 aliphatic carbocycles. The van der Waals surface area contributed by atoms with Crippen molar-refractivity contribution in [2.24, 2.45) is 0 Å². The van der Waals surface area contributed by atoms with Gasteiger partial charge in [-0.05, 0) is 24.6 Å². The average molecular weight is 236 g/mol. The van der Waals surface area contributed by atoms with Crippen LogP contribution in [0.25, 0.3) is 0 Å². The Bertz CT molecular complexity index is 449. The van der Waals surface area contributed by atoms with Crippen molar-refractivity contribution in [3.63, 3.8) is 0 Å². The van der Waals surface area contributed by atoms with Crippen molar-refractivity contribution < 1.29 is 19.4 Å². The molecule has 1 rings (SSSR count). The van der Waals surface area contributed by atoms with Gasteiger partial charge in [0.1, 0.15) is 11.5 Å². The third-order valence-electron chi connectivity index (χ3n) is 2.50. The summed E-state index contributed by atoms with van der Waals surface area (Å²) in [5, 5.41) is 8.82. The Kier molecular flexibility index (Phi) is 4.15. The van der Waals surface area contributed by atoms with E-state index in [9.17, 15) is 4.79 Å². The van der Waals surface area contributed by atoms with Crippen LogP contribution in [0.3, 0.4) is 0 Å². The van der Waals surface area contributed by atoms with Crippen LogP contribution in [0.15, 0.2) is 24.3 Å². The molecule has 0 atom stereocenters. The molecule has 0 aliphatic rings. The van der Waals surface area contributed by atoms with Gasteiger partial charge in [0.15, 0.2) is 0 Å². The van der Waals surface area contributed by atoms with Gasteiger partial charge in [-0.25, -0.2) is 4.79 Å². The highest BCUT2D eigenvalue weighted by Gasteiger charge is 2.12. The minimum absolute atomic E-state index is 0.120. The number of carboxylic acid groups (broad SMARTS) is 1. The molecule has 0 heterocycles. The lowest BCUT2D eigenvalue weighted by Gasteiger charge is -2.12. The Hall–Kier alpha value is -1.97. The molecule has 17 heavy (non-hydrogen) atoms. The van der Waals surface area contributed by atoms with Crippen LogP contribution in [-0.4, -0.2) is 25.3 Å². The van der Waals surface area contributed by atoms with Crippen molar-refractivity contribution in [2.45, 2.75) is 13.3 Å². The molecule has 0 aromatic heterocycles. The first kappa shape index (κ1) is 13.1. The van der Waals surface area contributed by atoms with Gasteiger partial charge in [0.05, 0.1) is 14.2 Å². The molecular weight excluding hydrogens is 220 g/mol. The molecule has 0 radical (unpaired) electrons. The van der Waals surface area contributed by atoms with E-state index in [1.165, 1.54) is 0 Å². The molecule has 0 bridgehead atoms. The van der Waals surface area contributed by atoms with Crippen molar-refractivity contribution in [3.8, 4) is 11.5 Å². The van der Waals surface area contributed by atoms with Crippen LogP contribution in [0.1, 0.15) is 11.1 Å². The molecule has 0 saturated heterocycles. The molecule has 1 N–H and O–H groups in total. The lowest BCUT2D eigenvalue weighted by molar-refractivity contribution is -0.132. The number of methoxy groups -OCH3 is 2. The van der Waals surface area contributed by atoms with Crippen molar-refractivity contribution in [1.29, 1.82) is 0 Å². The van der Waals surface area contributed by atoms with E-state index >= 15 is 0 Å². The van der Waals surface area contributed by atoms with Gasteiger partial charge in [0, 0.05) is 17.6 Å². The van der Waals surface area contributed by atoms with Gasteiger partial charge >= 0.3 is 5.97 Å². The quantitative estimate of drug-likeness (QED) is 0.796. The average Bonchev–Trinajstić information content (AvgIpc) is 2.30. The zero-order valence-electron chi connectivity index (χ0n) is 10.2. The largest absolute Gasteiger partial charge is 0.496 e. The van der Waals surface area contributed by atoms with E-state index in [2.05, 4.69) is 6.58 Å². The molecule has 0 spiro atoms. The molecule has 0 saturated carbocycles. The third kappa shape index (κ3) is 3.00. The Morgan fingerprint density at radius 2 is 1.88 bits per heavy atom. The summed E-state index contributed by atoms with van der Waals surface area (Å²) in [5.74, 6) is 0.344. The second kappa shape index (κ2) is 5.39. The monoisotopic (exact) mass is 236 g/mol. The maximum Gasteiger partial charge on any atom is 0.331 e. The van der Waals surface area contributed by atoms with Crippen LogP contribution >= 0.6 is 0 Å². The number of benzene rings is 1. The standard InChI is InChI=1S/C13H16O4/c1-8-6-12(17-4)10(7-11(8)16-3)5-9(2)13(14)15/h6-7H,2,5H2,1,3-4H3,(H,14,15). The van der Waals surface area contributed by atoms with Crippen molar-refractivity contribution in [1.82, 2.24) is 0 Å². The van der Waals surface area contributed by atoms with E-state index in [0.29, 0.717) is 11.5 Å². The number of hydrogen-bond acceptors (Lipinski definition) is 3. The molecule has 4 nitrogen and oxygen atoms in total. The van der Waals surface area contributed by atoms with Crippen LogP contribution in [0.2, 0.25) is 0 Å². The van der Waals surface area contributed by atoms with Crippen LogP contribution in [0, 0.1) is 6.92 Å². The fraction of sp³-hybridized carbons (Fsp3) is 0.308. The third-order valence-corrected chi connectivity index (χ3v) is 2.50. The van der Waals surface area contributed by atoms with E-state index in [-0.39, 0.29) is 12.0 Å². The molecule has 4 heteroatoms. The normalized spacial score (nSPS) is 9.82. The first-order chi connectivity index (χ1) is 7.99. The predicted molar refractivity (Wildman–Crippen MR) is 64.8 cm³/mol. The summed E-state index contributed by atoms with van der Waals surface area (Å²) in [6.07, 6.45) is 0.231. The van der Waals surface area contributed by atoms with Crippen LogP contribution in [0.5, 0.6) is 11.5 Å². The maximum atomic E-state index is 10.8. The van der Waals surface area contributed by atoms with Gasteiger partial charge in [-0.3, -0.25) is 0 Å². The van der Waals surface area contributed by atoms with Gasteiger partial charge in [0.25, 0.3) is 0 Å². The highest BCUT2D eigenvalue weighted by molar-refractivity contribution is 5.86. The Labute approximate surface area is 100 Å². The Morgan fingerprint density at radius 1 is 1.29 bits per heavy atom. The highest BCUT2D eigenvalue weighted by Crippen LogP contribution is 2.29. The van der Waals surface area contributed by atoms with E-state index in [0.717, 1.165) is 11.1 Å². The number of hydrogen-bond donors (Lipinski definition) is 1. The van der Waals surface area contributed by atoms with Gasteiger partial charge in [-0.15, -0.1) is 0 Å². The Balaban J connectivity index is 3.12. The SMILES string of the molecule is C=C(Cc1cc(OC)c(C)cc1OC)C(=O)O. The zero-order valence-corrected chi connectivity index (χ0v) is 10.2. The first-order valence-electron chi connectivity index (χ1n) is 5.12. The summed E-state index contributed by atoms with van der Waals surface area (Å²) in [4.78, 5) is 10.8. The van der Waals surface area contributed by atoms with E-state index < -0.39 is 5.97 Å². The number of carbonyl (C=O) groups is 1. The summed E-state index contributed by atoms with van der Waals surface area (Å²) < 4.78 is 10.4. The predicted octanol–water partition coefficient (Wildman–Crippen LogP) is 2.20. The second-order valence-electron chi connectivity index (χ2n) is 3.72. The topological polar surface area (TPSA) is 55.8 Å². The van der Waals surface area contributed by atoms with Gasteiger partial charge in [0.2, 0.25) is 0 Å². The summed E-state index contributed by atoms with van der Waals surface area (Å²) in [5.41, 5.74) is 1.81. The molecule has 0 aliphatic heterocycles. The lowest BCUT2D eigenvalue weighted by atomic mass is 10.0. The molecule has 92 valence electrons. The van der Waals surface area contributed by atoms with E-state index in [1.54, 1.807) is 20.3 Å². The van der Waals surface area contributed by atoms with E-state index in [1.807, 2.05) is 13.0 Å². The zero-order chi connectivity index (χ0) is 13.0. The first-order valence-corrected chi connectivity index (χ1v) is 5.12. The molecule has 0 fully saturated rings. The highest BCUT2D eigenvalue weighted by atomic mass is 16.5. The van der Waals surface area contributed by atoms with Crippen LogP contribution < -0.4 is 9.47 Å². The minimum atomic E-state index is -1.01. The smallest absolute Gasteiger partial charge is 0.331 e. The molecule has 1 aromatic rings. The lowest BCUT2D eigenvalue weighted by Crippen LogP contribution is -2.04.